The molecule has 0 amide bonds. The first-order chi connectivity index (χ1) is 8.74. The van der Waals surface area contributed by atoms with Crippen molar-refractivity contribution in [3.8, 4) is 0 Å². The van der Waals surface area contributed by atoms with Gasteiger partial charge in [0, 0.05) is 11.4 Å². The summed E-state index contributed by atoms with van der Waals surface area (Å²) in [5.74, 6) is 0. The molecule has 1 aliphatic carbocycles. The summed E-state index contributed by atoms with van der Waals surface area (Å²) in [6.07, 6.45) is 11.9. The molecular weight excluding hydrogens is 218 g/mol. The molecule has 2 aliphatic rings. The van der Waals surface area contributed by atoms with Crippen LogP contribution in [-0.4, -0.2) is 0 Å². The smallest absolute Gasteiger partial charge is 0.0458 e. The zero-order valence-electron chi connectivity index (χ0n) is 10.8. The molecule has 1 aromatic carbocycles. The van der Waals surface area contributed by atoms with Gasteiger partial charge in [-0.2, -0.15) is 0 Å². The molecule has 18 heavy (non-hydrogen) atoms. The summed E-state index contributed by atoms with van der Waals surface area (Å²) in [5, 5.41) is 3.59. The third kappa shape index (κ3) is 1.92. The molecule has 0 spiro atoms. The lowest BCUT2D eigenvalue weighted by Gasteiger charge is -2.14. The molecule has 1 N–H and O–H groups in total. The molecule has 0 atom stereocenters. The second-order valence-corrected chi connectivity index (χ2v) is 4.96. The van der Waals surface area contributed by atoms with Crippen molar-refractivity contribution < 1.29 is 0 Å². The van der Waals surface area contributed by atoms with E-state index in [0.717, 1.165) is 6.42 Å². The first-order valence-electron chi connectivity index (χ1n) is 6.37. The number of aryl methyl sites for hydroxylation is 1. The van der Waals surface area contributed by atoms with Gasteiger partial charge >= 0.3 is 0 Å². The van der Waals surface area contributed by atoms with Gasteiger partial charge in [-0.05, 0) is 49.1 Å². The van der Waals surface area contributed by atoms with Crippen molar-refractivity contribution in [1.82, 2.24) is 0 Å². The SMILES string of the molecule is CC1=C2Nc3ccc(C)cc3C=CC2=CC=CC1. The highest BCUT2D eigenvalue weighted by molar-refractivity contribution is 5.76. The van der Waals surface area contributed by atoms with Crippen LogP contribution in [0.2, 0.25) is 0 Å². The summed E-state index contributed by atoms with van der Waals surface area (Å²) in [6.45, 7) is 4.32. The van der Waals surface area contributed by atoms with E-state index < -0.39 is 0 Å². The highest BCUT2D eigenvalue weighted by Crippen LogP contribution is 2.31. The van der Waals surface area contributed by atoms with Crippen molar-refractivity contribution in [2.45, 2.75) is 20.3 Å². The van der Waals surface area contributed by atoms with Gasteiger partial charge in [-0.15, -0.1) is 0 Å². The molecule has 1 heteroatoms. The molecule has 0 saturated carbocycles. The van der Waals surface area contributed by atoms with Crippen molar-refractivity contribution in [1.29, 1.82) is 0 Å². The quantitative estimate of drug-likeness (QED) is 0.693. The fraction of sp³-hybridized carbons (Fsp3) is 0.176. The van der Waals surface area contributed by atoms with Crippen LogP contribution in [-0.2, 0) is 0 Å². The van der Waals surface area contributed by atoms with Crippen molar-refractivity contribution in [3.05, 3.63) is 70.5 Å². The van der Waals surface area contributed by atoms with Crippen LogP contribution in [0.4, 0.5) is 5.69 Å². The fourth-order valence-electron chi connectivity index (χ4n) is 2.41. The average molecular weight is 235 g/mol. The first kappa shape index (κ1) is 11.1. The Morgan fingerprint density at radius 1 is 1.11 bits per heavy atom. The molecule has 1 heterocycles. The highest BCUT2D eigenvalue weighted by atomic mass is 14.9. The molecule has 0 radical (unpaired) electrons. The lowest BCUT2D eigenvalue weighted by Crippen LogP contribution is -2.03. The number of fused-ring (bicyclic) bond motifs is 2. The van der Waals surface area contributed by atoms with E-state index in [1.165, 1.54) is 33.7 Å². The molecule has 3 rings (SSSR count). The van der Waals surface area contributed by atoms with Crippen LogP contribution in [0.3, 0.4) is 0 Å². The Morgan fingerprint density at radius 3 is 2.89 bits per heavy atom. The average Bonchev–Trinajstić information content (AvgIpc) is 2.63. The minimum atomic E-state index is 1.01. The largest absolute Gasteiger partial charge is 0.355 e. The molecule has 0 saturated heterocycles. The third-order valence-corrected chi connectivity index (χ3v) is 3.46. The maximum atomic E-state index is 3.59. The van der Waals surface area contributed by atoms with Crippen LogP contribution >= 0.6 is 0 Å². The van der Waals surface area contributed by atoms with E-state index in [9.17, 15) is 0 Å². The lowest BCUT2D eigenvalue weighted by molar-refractivity contribution is 1.16. The van der Waals surface area contributed by atoms with Gasteiger partial charge in [-0.25, -0.2) is 0 Å². The van der Waals surface area contributed by atoms with Gasteiger partial charge in [0.25, 0.3) is 0 Å². The predicted octanol–water partition coefficient (Wildman–Crippen LogP) is 4.59. The van der Waals surface area contributed by atoms with Crippen LogP contribution < -0.4 is 5.32 Å². The van der Waals surface area contributed by atoms with Crippen molar-refractivity contribution in [3.63, 3.8) is 0 Å². The summed E-state index contributed by atoms with van der Waals surface area (Å²) in [4.78, 5) is 0. The van der Waals surface area contributed by atoms with Crippen LogP contribution in [0.5, 0.6) is 0 Å². The number of hydrogen-bond donors (Lipinski definition) is 1. The first-order valence-corrected chi connectivity index (χ1v) is 6.37. The standard InChI is InChI=1S/C17H17N/c1-12-7-10-16-15(11-12)9-8-14-6-4-3-5-13(2)17(14)18-16/h3-4,6-11,18H,5H2,1-2H3. The minimum absolute atomic E-state index is 1.01. The number of rotatable bonds is 0. The van der Waals surface area contributed by atoms with Crippen molar-refractivity contribution >= 4 is 11.8 Å². The van der Waals surface area contributed by atoms with Gasteiger partial charge in [-0.1, -0.05) is 42.0 Å². The predicted molar refractivity (Wildman–Crippen MR) is 78.4 cm³/mol. The molecule has 1 aromatic rings. The highest BCUT2D eigenvalue weighted by Gasteiger charge is 2.13. The second kappa shape index (κ2) is 4.34. The molecule has 90 valence electrons. The third-order valence-electron chi connectivity index (χ3n) is 3.46. The monoisotopic (exact) mass is 235 g/mol. The molecule has 0 aromatic heterocycles. The molecule has 1 nitrogen and oxygen atoms in total. The van der Waals surface area contributed by atoms with Gasteiger partial charge in [0.05, 0.1) is 0 Å². The number of benzene rings is 1. The minimum Gasteiger partial charge on any atom is -0.355 e. The molecule has 0 bridgehead atoms. The number of allylic oxidation sites excluding steroid dienone is 5. The van der Waals surface area contributed by atoms with Gasteiger partial charge in [-0.3, -0.25) is 0 Å². The summed E-state index contributed by atoms with van der Waals surface area (Å²) in [5.41, 5.74) is 7.63. The Hall–Kier alpha value is -2.02. The Balaban J connectivity index is 2.15. The summed E-state index contributed by atoms with van der Waals surface area (Å²) < 4.78 is 0. The van der Waals surface area contributed by atoms with E-state index in [4.69, 9.17) is 0 Å². The Morgan fingerprint density at radius 2 is 2.00 bits per heavy atom. The van der Waals surface area contributed by atoms with Crippen LogP contribution in [0.15, 0.2) is 59.3 Å². The Labute approximate surface area is 108 Å². The van der Waals surface area contributed by atoms with E-state index >= 15 is 0 Å². The fourth-order valence-corrected chi connectivity index (χ4v) is 2.41. The number of nitrogens with one attached hydrogen (secondary N) is 1. The van der Waals surface area contributed by atoms with Crippen molar-refractivity contribution in [2.75, 3.05) is 5.32 Å². The molecular formula is C17H17N. The van der Waals surface area contributed by atoms with Crippen molar-refractivity contribution in [2.24, 2.45) is 0 Å². The maximum Gasteiger partial charge on any atom is 0.0458 e. The summed E-state index contributed by atoms with van der Waals surface area (Å²) in [6, 6.07) is 6.53. The molecule has 0 unspecified atom stereocenters. The van der Waals surface area contributed by atoms with E-state index in [2.05, 4.69) is 67.7 Å². The number of anilines is 1. The normalized spacial score (nSPS) is 17.3. The maximum absolute atomic E-state index is 3.59. The Kier molecular flexibility index (Phi) is 2.67. The summed E-state index contributed by atoms with van der Waals surface area (Å²) >= 11 is 0. The van der Waals surface area contributed by atoms with Crippen LogP contribution in [0.1, 0.15) is 24.5 Å². The van der Waals surface area contributed by atoms with E-state index in [1.54, 1.807) is 0 Å². The van der Waals surface area contributed by atoms with Crippen LogP contribution in [0, 0.1) is 6.92 Å². The molecule has 1 aliphatic heterocycles. The van der Waals surface area contributed by atoms with Crippen LogP contribution in [0.25, 0.3) is 6.08 Å². The zero-order valence-corrected chi connectivity index (χ0v) is 10.8. The Bertz CT molecular complexity index is 612. The molecule has 0 fully saturated rings. The number of hydrogen-bond acceptors (Lipinski definition) is 1. The summed E-state index contributed by atoms with van der Waals surface area (Å²) in [7, 11) is 0. The zero-order chi connectivity index (χ0) is 12.5. The van der Waals surface area contributed by atoms with E-state index in [-0.39, 0.29) is 0 Å². The topological polar surface area (TPSA) is 12.0 Å². The van der Waals surface area contributed by atoms with Gasteiger partial charge in [0.1, 0.15) is 0 Å². The lowest BCUT2D eigenvalue weighted by atomic mass is 10.1. The van der Waals surface area contributed by atoms with E-state index in [1.807, 2.05) is 0 Å². The van der Waals surface area contributed by atoms with Gasteiger partial charge < -0.3 is 5.32 Å². The van der Waals surface area contributed by atoms with Gasteiger partial charge in [0.15, 0.2) is 0 Å². The second-order valence-electron chi connectivity index (χ2n) is 4.96. The van der Waals surface area contributed by atoms with E-state index in [0.29, 0.717) is 0 Å². The van der Waals surface area contributed by atoms with Gasteiger partial charge in [0.2, 0.25) is 0 Å².